The summed E-state index contributed by atoms with van der Waals surface area (Å²) in [5, 5.41) is 2.85. The predicted octanol–water partition coefficient (Wildman–Crippen LogP) is 1.15. The fraction of sp³-hybridized carbons (Fsp3) is 0.538. The molecule has 1 aromatic heterocycles. The smallest absolute Gasteiger partial charge is 0.223 e. The highest BCUT2D eigenvalue weighted by Gasteiger charge is 2.29. The van der Waals surface area contributed by atoms with Crippen LogP contribution >= 0.6 is 0 Å². The number of amides is 2. The molecule has 0 spiro atoms. The van der Waals surface area contributed by atoms with E-state index in [4.69, 9.17) is 4.42 Å². The molecule has 1 heterocycles. The van der Waals surface area contributed by atoms with Crippen LogP contribution in [-0.2, 0) is 16.1 Å². The van der Waals surface area contributed by atoms with Crippen molar-refractivity contribution in [2.45, 2.75) is 26.3 Å². The van der Waals surface area contributed by atoms with Crippen molar-refractivity contribution >= 4 is 11.8 Å². The molecule has 2 rings (SSSR count). The molecule has 0 aliphatic heterocycles. The molecular formula is C13H18N2O3. The van der Waals surface area contributed by atoms with Gasteiger partial charge in [0.25, 0.3) is 0 Å². The Morgan fingerprint density at radius 3 is 2.83 bits per heavy atom. The van der Waals surface area contributed by atoms with Gasteiger partial charge in [0, 0.05) is 25.9 Å². The van der Waals surface area contributed by atoms with Crippen LogP contribution in [0.2, 0.25) is 0 Å². The van der Waals surface area contributed by atoms with Gasteiger partial charge in [0.15, 0.2) is 0 Å². The number of furan rings is 1. The van der Waals surface area contributed by atoms with Crippen LogP contribution in [-0.4, -0.2) is 29.8 Å². The minimum Gasteiger partial charge on any atom is -0.467 e. The molecule has 0 atom stereocenters. The van der Waals surface area contributed by atoms with Gasteiger partial charge in [-0.05, 0) is 25.0 Å². The molecule has 0 radical (unpaired) electrons. The topological polar surface area (TPSA) is 62.6 Å². The van der Waals surface area contributed by atoms with E-state index in [0.29, 0.717) is 19.6 Å². The van der Waals surface area contributed by atoms with Gasteiger partial charge in [-0.1, -0.05) is 0 Å². The van der Waals surface area contributed by atoms with Crippen LogP contribution in [0.25, 0.3) is 0 Å². The maximum absolute atomic E-state index is 11.5. The minimum atomic E-state index is -0.0212. The first-order valence-electron chi connectivity index (χ1n) is 6.22. The molecule has 5 nitrogen and oxygen atoms in total. The van der Waals surface area contributed by atoms with Crippen molar-refractivity contribution in [1.29, 1.82) is 0 Å². The van der Waals surface area contributed by atoms with Crippen LogP contribution in [0.15, 0.2) is 22.8 Å². The molecule has 1 aliphatic carbocycles. The first-order valence-corrected chi connectivity index (χ1v) is 6.22. The summed E-state index contributed by atoms with van der Waals surface area (Å²) >= 11 is 0. The van der Waals surface area contributed by atoms with Gasteiger partial charge in [0.2, 0.25) is 11.8 Å². The fourth-order valence-corrected chi connectivity index (χ4v) is 1.74. The van der Waals surface area contributed by atoms with Crippen molar-refractivity contribution in [2.75, 3.05) is 13.1 Å². The minimum absolute atomic E-state index is 0.0212. The average Bonchev–Trinajstić information content (AvgIpc) is 3.06. The molecule has 1 fully saturated rings. The summed E-state index contributed by atoms with van der Waals surface area (Å²) in [6.07, 6.45) is 3.58. The number of nitrogens with zero attached hydrogens (tertiary/aromatic N) is 1. The first-order chi connectivity index (χ1) is 8.66. The van der Waals surface area contributed by atoms with E-state index < -0.39 is 0 Å². The second-order valence-corrected chi connectivity index (χ2v) is 4.59. The van der Waals surface area contributed by atoms with E-state index >= 15 is 0 Å². The zero-order chi connectivity index (χ0) is 13.0. The summed E-state index contributed by atoms with van der Waals surface area (Å²) in [5.41, 5.74) is 0. The number of carbonyl (C=O) groups is 2. The molecule has 1 aromatic rings. The maximum atomic E-state index is 11.5. The number of carbonyl (C=O) groups excluding carboxylic acids is 2. The highest BCUT2D eigenvalue weighted by atomic mass is 16.3. The largest absolute Gasteiger partial charge is 0.467 e. The molecule has 0 aromatic carbocycles. The third kappa shape index (κ3) is 3.61. The van der Waals surface area contributed by atoms with Gasteiger partial charge in [-0.15, -0.1) is 0 Å². The summed E-state index contributed by atoms with van der Waals surface area (Å²) in [6.45, 7) is 2.97. The van der Waals surface area contributed by atoms with Crippen molar-refractivity contribution in [2.24, 2.45) is 5.92 Å². The molecule has 0 unspecified atom stereocenters. The molecule has 18 heavy (non-hydrogen) atoms. The van der Waals surface area contributed by atoms with E-state index in [-0.39, 0.29) is 17.7 Å². The first kappa shape index (κ1) is 12.7. The lowest BCUT2D eigenvalue weighted by atomic mass is 10.3. The molecule has 0 saturated heterocycles. The lowest BCUT2D eigenvalue weighted by Crippen LogP contribution is -2.37. The number of nitrogens with one attached hydrogen (secondary N) is 1. The second kappa shape index (κ2) is 5.71. The van der Waals surface area contributed by atoms with Crippen molar-refractivity contribution in [3.05, 3.63) is 24.2 Å². The zero-order valence-electron chi connectivity index (χ0n) is 10.5. The summed E-state index contributed by atoms with van der Waals surface area (Å²) in [5.74, 6) is 1.04. The summed E-state index contributed by atoms with van der Waals surface area (Å²) < 4.78 is 5.21. The van der Waals surface area contributed by atoms with Crippen LogP contribution in [0, 0.1) is 5.92 Å². The van der Waals surface area contributed by atoms with Crippen LogP contribution in [0.3, 0.4) is 0 Å². The Labute approximate surface area is 106 Å². The van der Waals surface area contributed by atoms with Gasteiger partial charge < -0.3 is 14.6 Å². The van der Waals surface area contributed by atoms with E-state index in [1.165, 1.54) is 6.92 Å². The van der Waals surface area contributed by atoms with Gasteiger partial charge in [0.05, 0.1) is 12.8 Å². The number of rotatable bonds is 6. The zero-order valence-corrected chi connectivity index (χ0v) is 10.5. The van der Waals surface area contributed by atoms with E-state index in [9.17, 15) is 9.59 Å². The van der Waals surface area contributed by atoms with Crippen molar-refractivity contribution in [1.82, 2.24) is 10.2 Å². The Kier molecular flexibility index (Phi) is 4.02. The molecule has 5 heteroatoms. The summed E-state index contributed by atoms with van der Waals surface area (Å²) in [7, 11) is 0. The van der Waals surface area contributed by atoms with Crippen molar-refractivity contribution in [3.8, 4) is 0 Å². The number of hydrogen-bond donors (Lipinski definition) is 1. The van der Waals surface area contributed by atoms with E-state index in [2.05, 4.69) is 5.32 Å². The van der Waals surface area contributed by atoms with Crippen LogP contribution in [0.4, 0.5) is 0 Å². The lowest BCUT2D eigenvalue weighted by molar-refractivity contribution is -0.130. The SMILES string of the molecule is CC(=O)N(CCNC(=O)C1CC1)Cc1ccco1. The molecule has 0 bridgehead atoms. The van der Waals surface area contributed by atoms with Gasteiger partial charge in [-0.2, -0.15) is 0 Å². The van der Waals surface area contributed by atoms with E-state index in [1.54, 1.807) is 17.2 Å². The molecular weight excluding hydrogens is 232 g/mol. The highest BCUT2D eigenvalue weighted by molar-refractivity contribution is 5.80. The number of hydrogen-bond acceptors (Lipinski definition) is 3. The third-order valence-electron chi connectivity index (χ3n) is 3.00. The van der Waals surface area contributed by atoms with E-state index in [1.807, 2.05) is 6.07 Å². The average molecular weight is 250 g/mol. The van der Waals surface area contributed by atoms with Gasteiger partial charge in [-0.25, -0.2) is 0 Å². The van der Waals surface area contributed by atoms with Gasteiger partial charge in [0.1, 0.15) is 5.76 Å². The predicted molar refractivity (Wildman–Crippen MR) is 65.5 cm³/mol. The van der Waals surface area contributed by atoms with E-state index in [0.717, 1.165) is 18.6 Å². The quantitative estimate of drug-likeness (QED) is 0.824. The summed E-state index contributed by atoms with van der Waals surface area (Å²) in [6, 6.07) is 3.63. The van der Waals surface area contributed by atoms with Gasteiger partial charge >= 0.3 is 0 Å². The molecule has 1 saturated carbocycles. The van der Waals surface area contributed by atoms with Crippen molar-refractivity contribution < 1.29 is 14.0 Å². The van der Waals surface area contributed by atoms with Crippen LogP contribution < -0.4 is 5.32 Å². The Morgan fingerprint density at radius 1 is 1.50 bits per heavy atom. The Hall–Kier alpha value is -1.78. The summed E-state index contributed by atoms with van der Waals surface area (Å²) in [4.78, 5) is 24.6. The standard InChI is InChI=1S/C13H18N2O3/c1-10(16)15(9-12-3-2-8-18-12)7-6-14-13(17)11-4-5-11/h2-3,8,11H,4-7,9H2,1H3,(H,14,17). The molecule has 1 aliphatic rings. The van der Waals surface area contributed by atoms with Gasteiger partial charge in [-0.3, -0.25) is 9.59 Å². The normalized spacial score (nSPS) is 14.3. The Balaban J connectivity index is 1.75. The van der Waals surface area contributed by atoms with Crippen molar-refractivity contribution in [3.63, 3.8) is 0 Å². The highest BCUT2D eigenvalue weighted by Crippen LogP contribution is 2.28. The maximum Gasteiger partial charge on any atom is 0.223 e. The Morgan fingerprint density at radius 2 is 2.28 bits per heavy atom. The third-order valence-corrected chi connectivity index (χ3v) is 3.00. The monoisotopic (exact) mass is 250 g/mol. The lowest BCUT2D eigenvalue weighted by Gasteiger charge is -2.20. The van der Waals surface area contributed by atoms with Crippen LogP contribution in [0.5, 0.6) is 0 Å². The Bertz CT molecular complexity index is 410. The second-order valence-electron chi connectivity index (χ2n) is 4.59. The molecule has 1 N–H and O–H groups in total. The molecule has 98 valence electrons. The molecule has 2 amide bonds. The fourth-order valence-electron chi connectivity index (χ4n) is 1.74. The van der Waals surface area contributed by atoms with Crippen LogP contribution in [0.1, 0.15) is 25.5 Å².